The lowest BCUT2D eigenvalue weighted by Crippen LogP contribution is -2.31. The molecule has 28 heavy (non-hydrogen) atoms. The van der Waals surface area contributed by atoms with Crippen LogP contribution in [0.3, 0.4) is 0 Å². The molecule has 1 saturated carbocycles. The Labute approximate surface area is 161 Å². The first-order chi connectivity index (χ1) is 13.7. The van der Waals surface area contributed by atoms with Crippen molar-refractivity contribution in [2.75, 3.05) is 6.61 Å². The Kier molecular flexibility index (Phi) is 3.06. The maximum Gasteiger partial charge on any atom is 0.283 e. The summed E-state index contributed by atoms with van der Waals surface area (Å²) in [4.78, 5) is 17.6. The monoisotopic (exact) mass is 371 g/mol. The smallest absolute Gasteiger partial charge is 0.283 e. The fraction of sp³-hybridized carbons (Fsp3) is 0.238. The summed E-state index contributed by atoms with van der Waals surface area (Å²) in [6, 6.07) is 8.32. The molecule has 0 radical (unpaired) electrons. The van der Waals surface area contributed by atoms with E-state index in [-0.39, 0.29) is 6.02 Å². The molecule has 7 nitrogen and oxygen atoms in total. The van der Waals surface area contributed by atoms with Gasteiger partial charge in [-0.1, -0.05) is 6.07 Å². The second kappa shape index (κ2) is 5.51. The molecule has 2 N–H and O–H groups in total. The van der Waals surface area contributed by atoms with Crippen molar-refractivity contribution < 1.29 is 9.47 Å². The zero-order chi connectivity index (χ0) is 18.7. The van der Waals surface area contributed by atoms with Gasteiger partial charge >= 0.3 is 0 Å². The van der Waals surface area contributed by atoms with E-state index in [0.29, 0.717) is 24.2 Å². The van der Waals surface area contributed by atoms with Crippen molar-refractivity contribution in [3.05, 3.63) is 65.9 Å². The number of nitrogens with two attached hydrogens (primary N) is 1. The van der Waals surface area contributed by atoms with E-state index in [9.17, 15) is 0 Å². The predicted molar refractivity (Wildman–Crippen MR) is 102 cm³/mol. The quantitative estimate of drug-likeness (QED) is 0.744. The van der Waals surface area contributed by atoms with Crippen molar-refractivity contribution in [2.45, 2.75) is 24.3 Å². The number of ether oxygens (including phenoxy) is 2. The highest BCUT2D eigenvalue weighted by molar-refractivity contribution is 5.77. The summed E-state index contributed by atoms with van der Waals surface area (Å²) in [6.07, 6.45) is 9.40. The zero-order valence-electron chi connectivity index (χ0n) is 15.0. The number of fused-ring (bicyclic) bond motifs is 4. The van der Waals surface area contributed by atoms with E-state index in [1.165, 1.54) is 24.7 Å². The van der Waals surface area contributed by atoms with Gasteiger partial charge in [0.25, 0.3) is 6.02 Å². The largest absolute Gasteiger partial charge is 0.462 e. The van der Waals surface area contributed by atoms with Crippen molar-refractivity contribution >= 4 is 6.02 Å². The van der Waals surface area contributed by atoms with Crippen LogP contribution in [-0.2, 0) is 10.3 Å². The Morgan fingerprint density at radius 3 is 2.61 bits per heavy atom. The summed E-state index contributed by atoms with van der Waals surface area (Å²) in [6.45, 7) is 0.326. The molecule has 0 amide bonds. The third-order valence-electron chi connectivity index (χ3n) is 5.62. The highest BCUT2D eigenvalue weighted by Gasteiger charge is 2.48. The number of hydrogen-bond acceptors (Lipinski definition) is 7. The molecule has 1 spiro atoms. The molecule has 1 atom stereocenters. The Hall–Kier alpha value is -3.48. The molecule has 2 aromatic heterocycles. The van der Waals surface area contributed by atoms with Crippen LogP contribution in [0.1, 0.15) is 35.4 Å². The average Bonchev–Trinajstić information content (AvgIpc) is 3.51. The first kappa shape index (κ1) is 15.6. The van der Waals surface area contributed by atoms with Crippen molar-refractivity contribution in [3.63, 3.8) is 0 Å². The van der Waals surface area contributed by atoms with Gasteiger partial charge < -0.3 is 15.2 Å². The summed E-state index contributed by atoms with van der Waals surface area (Å²) in [7, 11) is 0. The first-order valence-corrected chi connectivity index (χ1v) is 9.29. The van der Waals surface area contributed by atoms with E-state index in [2.05, 4.69) is 27.1 Å². The minimum atomic E-state index is -0.753. The molecule has 3 aliphatic rings. The molecule has 1 fully saturated rings. The van der Waals surface area contributed by atoms with Crippen LogP contribution in [0.15, 0.2) is 54.2 Å². The molecule has 0 saturated heterocycles. The predicted octanol–water partition coefficient (Wildman–Crippen LogP) is 3.11. The lowest BCUT2D eigenvalue weighted by atomic mass is 9.81. The maximum atomic E-state index is 6.14. The van der Waals surface area contributed by atoms with Crippen molar-refractivity contribution in [1.29, 1.82) is 0 Å². The molecular weight excluding hydrogens is 354 g/mol. The fourth-order valence-electron chi connectivity index (χ4n) is 4.01. The third-order valence-corrected chi connectivity index (χ3v) is 5.62. The molecule has 0 bridgehead atoms. The summed E-state index contributed by atoms with van der Waals surface area (Å²) >= 11 is 0. The van der Waals surface area contributed by atoms with Crippen LogP contribution in [0.25, 0.3) is 11.1 Å². The average molecular weight is 371 g/mol. The number of amidine groups is 1. The Bertz CT molecular complexity index is 1130. The number of rotatable bonds is 2. The summed E-state index contributed by atoms with van der Waals surface area (Å²) in [5.41, 5.74) is 10.2. The van der Waals surface area contributed by atoms with Crippen LogP contribution in [0.2, 0.25) is 0 Å². The normalized spacial score (nSPS) is 22.1. The van der Waals surface area contributed by atoms with Crippen molar-refractivity contribution in [2.24, 2.45) is 10.7 Å². The highest BCUT2D eigenvalue weighted by Crippen LogP contribution is 2.52. The van der Waals surface area contributed by atoms with Crippen LogP contribution in [0, 0.1) is 0 Å². The second-order valence-electron chi connectivity index (χ2n) is 7.43. The highest BCUT2D eigenvalue weighted by atomic mass is 16.5. The van der Waals surface area contributed by atoms with E-state index in [1.54, 1.807) is 12.4 Å². The van der Waals surface area contributed by atoms with Crippen LogP contribution >= 0.6 is 0 Å². The molecule has 6 rings (SSSR count). The van der Waals surface area contributed by atoms with Crippen molar-refractivity contribution in [1.82, 2.24) is 15.0 Å². The van der Waals surface area contributed by atoms with Crippen LogP contribution in [0.5, 0.6) is 11.6 Å². The molecule has 138 valence electrons. The molecular formula is C21H17N5O2. The zero-order valence-corrected chi connectivity index (χ0v) is 15.0. The number of aromatic nitrogens is 3. The van der Waals surface area contributed by atoms with E-state index in [0.717, 1.165) is 22.3 Å². The SMILES string of the molecule is NC1=N[C@@]2(CO1)c1cc(-c3cncnc3)ccc1Oc1ncc(C3CC3)cc12. The summed E-state index contributed by atoms with van der Waals surface area (Å²) < 4.78 is 11.8. The van der Waals surface area contributed by atoms with Gasteiger partial charge in [-0.2, -0.15) is 0 Å². The number of pyridine rings is 1. The molecule has 4 heterocycles. The van der Waals surface area contributed by atoms with Gasteiger partial charge in [0.2, 0.25) is 5.88 Å². The molecule has 7 heteroatoms. The molecule has 3 aromatic rings. The lowest BCUT2D eigenvalue weighted by Gasteiger charge is -2.33. The Balaban J connectivity index is 1.57. The van der Waals surface area contributed by atoms with Gasteiger partial charge in [0.15, 0.2) is 5.54 Å². The van der Waals surface area contributed by atoms with Crippen LogP contribution < -0.4 is 10.5 Å². The van der Waals surface area contributed by atoms with Gasteiger partial charge in [0.05, 0.1) is 5.56 Å². The number of benzene rings is 1. The fourth-order valence-corrected chi connectivity index (χ4v) is 4.01. The van der Waals surface area contributed by atoms with Gasteiger partial charge in [-0.05, 0) is 48.1 Å². The van der Waals surface area contributed by atoms with E-state index < -0.39 is 5.54 Å². The molecule has 1 aliphatic carbocycles. The molecule has 0 unspecified atom stereocenters. The number of nitrogens with zero attached hydrogens (tertiary/aromatic N) is 4. The molecule has 2 aliphatic heterocycles. The maximum absolute atomic E-state index is 6.14. The summed E-state index contributed by atoms with van der Waals surface area (Å²) in [5, 5.41) is 0. The molecule has 1 aromatic carbocycles. The third kappa shape index (κ3) is 2.22. The van der Waals surface area contributed by atoms with Gasteiger partial charge in [-0.3, -0.25) is 0 Å². The number of hydrogen-bond donors (Lipinski definition) is 1. The number of aliphatic imine (C=N–C) groups is 1. The summed E-state index contributed by atoms with van der Waals surface area (Å²) in [5.74, 6) is 1.85. The first-order valence-electron chi connectivity index (χ1n) is 9.29. The minimum absolute atomic E-state index is 0.184. The standard InChI is InChI=1S/C21H17N5O2/c22-20-26-21(10-27-20)16-5-13(15-7-23-11-24-8-15)3-4-18(16)28-19-17(21)6-14(9-25-19)12-1-2-12/h3-9,11-12H,1-2,10H2,(H2,22,26)/t21-/m0/s1. The van der Waals surface area contributed by atoms with E-state index >= 15 is 0 Å². The van der Waals surface area contributed by atoms with Gasteiger partial charge in [0.1, 0.15) is 18.7 Å². The Morgan fingerprint density at radius 1 is 1.00 bits per heavy atom. The second-order valence-corrected chi connectivity index (χ2v) is 7.43. The van der Waals surface area contributed by atoms with Crippen LogP contribution in [0.4, 0.5) is 0 Å². The van der Waals surface area contributed by atoms with Gasteiger partial charge in [-0.15, -0.1) is 0 Å². The van der Waals surface area contributed by atoms with Gasteiger partial charge in [0, 0.05) is 29.7 Å². The van der Waals surface area contributed by atoms with E-state index in [1.807, 2.05) is 18.3 Å². The Morgan fingerprint density at radius 2 is 1.86 bits per heavy atom. The van der Waals surface area contributed by atoms with E-state index in [4.69, 9.17) is 20.2 Å². The van der Waals surface area contributed by atoms with Gasteiger partial charge in [-0.25, -0.2) is 19.9 Å². The minimum Gasteiger partial charge on any atom is -0.462 e. The van der Waals surface area contributed by atoms with Crippen molar-refractivity contribution in [3.8, 4) is 22.8 Å². The lowest BCUT2D eigenvalue weighted by molar-refractivity contribution is 0.262. The van der Waals surface area contributed by atoms with Crippen LogP contribution in [-0.4, -0.2) is 27.6 Å². The topological polar surface area (TPSA) is 95.5 Å².